The van der Waals surface area contributed by atoms with Crippen LogP contribution in [0.15, 0.2) is 18.6 Å². The van der Waals surface area contributed by atoms with Gasteiger partial charge < -0.3 is 5.32 Å². The average molecular weight is 261 g/mol. The van der Waals surface area contributed by atoms with E-state index in [4.69, 9.17) is 0 Å². The molecule has 0 aliphatic heterocycles. The molecule has 1 unspecified atom stereocenters. The molecule has 0 bridgehead atoms. The van der Waals surface area contributed by atoms with Gasteiger partial charge in [0.2, 0.25) is 0 Å². The minimum atomic E-state index is 0.390. The molecule has 2 rings (SSSR count). The lowest BCUT2D eigenvalue weighted by atomic mass is 9.76. The molecule has 19 heavy (non-hydrogen) atoms. The second kappa shape index (κ2) is 7.59. The summed E-state index contributed by atoms with van der Waals surface area (Å²) in [4.78, 5) is 8.73. The monoisotopic (exact) mass is 261 g/mol. The van der Waals surface area contributed by atoms with Crippen LogP contribution in [0.2, 0.25) is 0 Å². The Morgan fingerprint density at radius 1 is 1.21 bits per heavy atom. The third-order valence-electron chi connectivity index (χ3n) is 4.39. The fourth-order valence-electron chi connectivity index (χ4n) is 3.42. The van der Waals surface area contributed by atoms with E-state index in [0.29, 0.717) is 6.04 Å². The maximum Gasteiger partial charge on any atom is 0.0758 e. The summed E-state index contributed by atoms with van der Waals surface area (Å²) in [7, 11) is 0. The van der Waals surface area contributed by atoms with Crippen LogP contribution < -0.4 is 5.32 Å². The summed E-state index contributed by atoms with van der Waals surface area (Å²) in [5.74, 6) is 1.69. The van der Waals surface area contributed by atoms with Crippen LogP contribution in [0, 0.1) is 11.8 Å². The van der Waals surface area contributed by atoms with Gasteiger partial charge in [0.1, 0.15) is 0 Å². The predicted octanol–water partition coefficient (Wildman–Crippen LogP) is 3.73. The van der Waals surface area contributed by atoms with Gasteiger partial charge in [-0.25, -0.2) is 0 Å². The highest BCUT2D eigenvalue weighted by Gasteiger charge is 2.28. The van der Waals surface area contributed by atoms with Gasteiger partial charge in [-0.05, 0) is 31.2 Å². The van der Waals surface area contributed by atoms with Crippen LogP contribution in [0.4, 0.5) is 0 Å². The van der Waals surface area contributed by atoms with E-state index in [1.807, 2.05) is 12.4 Å². The van der Waals surface area contributed by atoms with Crippen molar-refractivity contribution in [3.05, 3.63) is 24.3 Å². The second-order valence-electron chi connectivity index (χ2n) is 5.74. The minimum absolute atomic E-state index is 0.390. The Bertz CT molecular complexity index is 344. The van der Waals surface area contributed by atoms with Crippen molar-refractivity contribution in [2.75, 3.05) is 6.54 Å². The molecule has 1 aliphatic carbocycles. The Hall–Kier alpha value is -0.960. The van der Waals surface area contributed by atoms with Crippen LogP contribution in [-0.4, -0.2) is 16.5 Å². The topological polar surface area (TPSA) is 37.8 Å². The summed E-state index contributed by atoms with van der Waals surface area (Å²) in [5, 5.41) is 3.61. The maximum absolute atomic E-state index is 4.50. The number of nitrogens with one attached hydrogen (secondary N) is 1. The zero-order chi connectivity index (χ0) is 13.5. The van der Waals surface area contributed by atoms with Gasteiger partial charge in [0.25, 0.3) is 0 Å². The standard InChI is InChI=1S/C16H27N3/c1-3-5-13-6-8-14(9-7-13)16(18-4-2)15-12-17-10-11-19-15/h10-14,16,18H,3-9H2,1-2H3. The molecule has 3 nitrogen and oxygen atoms in total. The van der Waals surface area contributed by atoms with Crippen LogP contribution >= 0.6 is 0 Å². The first-order chi connectivity index (χ1) is 9.35. The number of hydrogen-bond acceptors (Lipinski definition) is 3. The highest BCUT2D eigenvalue weighted by Crippen LogP contribution is 2.37. The molecule has 3 heteroatoms. The third kappa shape index (κ3) is 4.00. The number of aromatic nitrogens is 2. The minimum Gasteiger partial charge on any atom is -0.309 e. The normalized spacial score (nSPS) is 25.2. The average Bonchev–Trinajstić information content (AvgIpc) is 2.47. The van der Waals surface area contributed by atoms with E-state index in [-0.39, 0.29) is 0 Å². The van der Waals surface area contributed by atoms with Crippen molar-refractivity contribution >= 4 is 0 Å². The molecule has 0 spiro atoms. The van der Waals surface area contributed by atoms with Crippen LogP contribution in [0.3, 0.4) is 0 Å². The van der Waals surface area contributed by atoms with Gasteiger partial charge in [-0.15, -0.1) is 0 Å². The fourth-order valence-corrected chi connectivity index (χ4v) is 3.42. The zero-order valence-corrected chi connectivity index (χ0v) is 12.3. The Morgan fingerprint density at radius 3 is 2.58 bits per heavy atom. The molecule has 106 valence electrons. The molecule has 1 aromatic rings. The van der Waals surface area contributed by atoms with E-state index >= 15 is 0 Å². The molecular formula is C16H27N3. The molecule has 1 aromatic heterocycles. The highest BCUT2D eigenvalue weighted by molar-refractivity contribution is 5.05. The maximum atomic E-state index is 4.50. The smallest absolute Gasteiger partial charge is 0.0758 e. The van der Waals surface area contributed by atoms with E-state index in [1.165, 1.54) is 38.5 Å². The number of hydrogen-bond donors (Lipinski definition) is 1. The first kappa shape index (κ1) is 14.4. The molecule has 0 radical (unpaired) electrons. The Balaban J connectivity index is 1.97. The summed E-state index contributed by atoms with van der Waals surface area (Å²) in [6.45, 7) is 5.47. The molecular weight excluding hydrogens is 234 g/mol. The summed E-state index contributed by atoms with van der Waals surface area (Å²) in [6.07, 6.45) is 13.7. The van der Waals surface area contributed by atoms with Gasteiger partial charge in [0.05, 0.1) is 11.7 Å². The van der Waals surface area contributed by atoms with Crippen molar-refractivity contribution in [2.24, 2.45) is 11.8 Å². The highest BCUT2D eigenvalue weighted by atomic mass is 15.0. The molecule has 1 heterocycles. The molecule has 1 aliphatic rings. The van der Waals surface area contributed by atoms with Gasteiger partial charge in [-0.3, -0.25) is 9.97 Å². The van der Waals surface area contributed by atoms with Crippen LogP contribution in [-0.2, 0) is 0 Å². The first-order valence-electron chi connectivity index (χ1n) is 7.84. The van der Waals surface area contributed by atoms with Crippen LogP contribution in [0.5, 0.6) is 0 Å². The number of rotatable bonds is 6. The first-order valence-corrected chi connectivity index (χ1v) is 7.84. The van der Waals surface area contributed by atoms with Gasteiger partial charge >= 0.3 is 0 Å². The molecule has 1 fully saturated rings. The predicted molar refractivity (Wildman–Crippen MR) is 78.8 cm³/mol. The van der Waals surface area contributed by atoms with Gasteiger partial charge in [0.15, 0.2) is 0 Å². The molecule has 1 saturated carbocycles. The summed E-state index contributed by atoms with van der Waals surface area (Å²) < 4.78 is 0. The summed E-state index contributed by atoms with van der Waals surface area (Å²) in [6, 6.07) is 0.390. The largest absolute Gasteiger partial charge is 0.309 e. The van der Waals surface area contributed by atoms with Crippen molar-refractivity contribution in [3.63, 3.8) is 0 Å². The molecule has 1 N–H and O–H groups in total. The lowest BCUT2D eigenvalue weighted by molar-refractivity contribution is 0.213. The molecule has 0 aromatic carbocycles. The summed E-state index contributed by atoms with van der Waals surface area (Å²) >= 11 is 0. The molecule has 1 atom stereocenters. The van der Waals surface area contributed by atoms with Crippen molar-refractivity contribution in [3.8, 4) is 0 Å². The van der Waals surface area contributed by atoms with E-state index in [9.17, 15) is 0 Å². The van der Waals surface area contributed by atoms with E-state index in [0.717, 1.165) is 24.1 Å². The quantitative estimate of drug-likeness (QED) is 0.848. The summed E-state index contributed by atoms with van der Waals surface area (Å²) in [5.41, 5.74) is 1.11. The molecule has 0 saturated heterocycles. The van der Waals surface area contributed by atoms with Crippen LogP contribution in [0.25, 0.3) is 0 Å². The lowest BCUT2D eigenvalue weighted by Crippen LogP contribution is -2.31. The molecule has 0 amide bonds. The Morgan fingerprint density at radius 2 is 2.00 bits per heavy atom. The van der Waals surface area contributed by atoms with Crippen LogP contribution in [0.1, 0.15) is 64.1 Å². The van der Waals surface area contributed by atoms with Gasteiger partial charge in [-0.1, -0.05) is 39.5 Å². The lowest BCUT2D eigenvalue weighted by Gasteiger charge is -2.34. The zero-order valence-electron chi connectivity index (χ0n) is 12.3. The fraction of sp³-hybridized carbons (Fsp3) is 0.750. The van der Waals surface area contributed by atoms with Crippen molar-refractivity contribution in [2.45, 2.75) is 58.4 Å². The van der Waals surface area contributed by atoms with E-state index in [1.54, 1.807) is 6.20 Å². The van der Waals surface area contributed by atoms with E-state index in [2.05, 4.69) is 29.1 Å². The second-order valence-corrected chi connectivity index (χ2v) is 5.74. The third-order valence-corrected chi connectivity index (χ3v) is 4.39. The Kier molecular flexibility index (Phi) is 5.77. The number of nitrogens with zero attached hydrogens (tertiary/aromatic N) is 2. The van der Waals surface area contributed by atoms with Gasteiger partial charge in [0, 0.05) is 18.6 Å². The van der Waals surface area contributed by atoms with E-state index < -0.39 is 0 Å². The van der Waals surface area contributed by atoms with Crippen molar-refractivity contribution in [1.82, 2.24) is 15.3 Å². The Labute approximate surface area is 117 Å². The van der Waals surface area contributed by atoms with Crippen molar-refractivity contribution in [1.29, 1.82) is 0 Å². The van der Waals surface area contributed by atoms with Gasteiger partial charge in [-0.2, -0.15) is 0 Å². The SMILES string of the molecule is CCCC1CCC(C(NCC)c2cnccn2)CC1. The van der Waals surface area contributed by atoms with Crippen molar-refractivity contribution < 1.29 is 0 Å².